The van der Waals surface area contributed by atoms with Gasteiger partial charge in [-0.15, -0.1) is 0 Å². The van der Waals surface area contributed by atoms with Gasteiger partial charge in [0.2, 0.25) is 0 Å². The van der Waals surface area contributed by atoms with Crippen LogP contribution in [0.15, 0.2) is 107 Å². The molecule has 0 N–H and O–H groups in total. The minimum absolute atomic E-state index is 0.0295. The lowest BCUT2D eigenvalue weighted by Gasteiger charge is -2.24. The molecule has 3 heteroatoms. The Morgan fingerprint density at radius 3 is 2.04 bits per heavy atom. The largest absolute Gasteiger partial charge is 0.304 e. The second-order valence-electron chi connectivity index (χ2n) is 6.83. The van der Waals surface area contributed by atoms with Gasteiger partial charge in [0.15, 0.2) is 0 Å². The quantitative estimate of drug-likeness (QED) is 0.483. The average Bonchev–Trinajstić information content (AvgIpc) is 2.99. The van der Waals surface area contributed by atoms with Crippen LogP contribution in [0.5, 0.6) is 0 Å². The minimum Gasteiger partial charge on any atom is -0.304 e. The number of rotatable bonds is 4. The zero-order chi connectivity index (χ0) is 19.5. The molecule has 4 rings (SSSR count). The molecule has 0 unspecified atom stereocenters. The van der Waals surface area contributed by atoms with Gasteiger partial charge in [-0.1, -0.05) is 88.7 Å². The zero-order valence-corrected chi connectivity index (χ0v) is 17.2. The Bertz CT molecular complexity index is 1050. The number of halogens is 1. The van der Waals surface area contributed by atoms with Crippen molar-refractivity contribution in [3.05, 3.63) is 123 Å². The number of allylic oxidation sites excluding steroid dienone is 1. The molecule has 0 spiro atoms. The molecule has 0 saturated carbocycles. The fourth-order valence-electron chi connectivity index (χ4n) is 3.57. The predicted molar refractivity (Wildman–Crippen MR) is 117 cm³/mol. The normalized spacial score (nSPS) is 15.6. The summed E-state index contributed by atoms with van der Waals surface area (Å²) in [6.07, 6.45) is 1.74. The van der Waals surface area contributed by atoms with Gasteiger partial charge < -0.3 is 4.90 Å². The van der Waals surface area contributed by atoms with Crippen molar-refractivity contribution >= 4 is 27.4 Å². The van der Waals surface area contributed by atoms with Crippen LogP contribution in [0.2, 0.25) is 0 Å². The molecule has 0 fully saturated rings. The topological polar surface area (TPSA) is 20.3 Å². The van der Waals surface area contributed by atoms with E-state index in [0.717, 1.165) is 38.0 Å². The van der Waals surface area contributed by atoms with Crippen molar-refractivity contribution in [1.82, 2.24) is 4.90 Å². The van der Waals surface area contributed by atoms with Gasteiger partial charge >= 0.3 is 0 Å². The maximum atomic E-state index is 12.8. The number of benzene rings is 3. The molecule has 3 aromatic rings. The molecule has 0 aromatic heterocycles. The maximum absolute atomic E-state index is 12.8. The molecule has 138 valence electrons. The van der Waals surface area contributed by atoms with E-state index in [4.69, 9.17) is 0 Å². The third-order valence-corrected chi connectivity index (χ3v) is 5.39. The second-order valence-corrected chi connectivity index (χ2v) is 7.75. The average molecular weight is 430 g/mol. The van der Waals surface area contributed by atoms with Gasteiger partial charge in [0.05, 0.1) is 12.2 Å². The summed E-state index contributed by atoms with van der Waals surface area (Å²) in [7, 11) is 0. The van der Waals surface area contributed by atoms with Crippen molar-refractivity contribution < 1.29 is 4.79 Å². The molecule has 1 heterocycles. The van der Waals surface area contributed by atoms with Crippen LogP contribution in [0.4, 0.5) is 0 Å². The van der Waals surface area contributed by atoms with E-state index in [0.29, 0.717) is 6.54 Å². The van der Waals surface area contributed by atoms with Crippen LogP contribution in [0.25, 0.3) is 5.57 Å². The molecule has 3 aromatic carbocycles. The van der Waals surface area contributed by atoms with E-state index in [9.17, 15) is 4.79 Å². The highest BCUT2D eigenvalue weighted by Gasteiger charge is 2.29. The standard InChI is InChI=1S/C25H20BrNO/c1-18-16-23(28)27(17-19-8-4-2-5-9-19)25(18)24(20-10-6-3-7-11-20)21-12-14-22(26)15-13-21/h2-16H,17H2,1H3/b25-24+. The smallest absolute Gasteiger partial charge is 0.251 e. The third kappa shape index (κ3) is 3.71. The lowest BCUT2D eigenvalue weighted by molar-refractivity contribution is -0.123. The Labute approximate surface area is 174 Å². The van der Waals surface area contributed by atoms with Crippen molar-refractivity contribution in [2.45, 2.75) is 13.5 Å². The summed E-state index contributed by atoms with van der Waals surface area (Å²) < 4.78 is 1.03. The molecule has 2 nitrogen and oxygen atoms in total. The predicted octanol–water partition coefficient (Wildman–Crippen LogP) is 6.20. The Hall–Kier alpha value is -2.91. The Morgan fingerprint density at radius 1 is 0.821 bits per heavy atom. The number of carbonyl (C=O) groups excluding carboxylic acids is 1. The van der Waals surface area contributed by atoms with E-state index in [1.807, 2.05) is 60.4 Å². The van der Waals surface area contributed by atoms with Gasteiger partial charge in [-0.2, -0.15) is 0 Å². The fraction of sp³-hybridized carbons (Fsp3) is 0.0800. The highest BCUT2D eigenvalue weighted by molar-refractivity contribution is 9.10. The Balaban J connectivity index is 1.90. The summed E-state index contributed by atoms with van der Waals surface area (Å²) in [5.41, 5.74) is 6.33. The Morgan fingerprint density at radius 2 is 1.39 bits per heavy atom. The summed E-state index contributed by atoms with van der Waals surface area (Å²) in [6.45, 7) is 2.57. The first kappa shape index (κ1) is 18.5. The first-order valence-electron chi connectivity index (χ1n) is 9.23. The van der Waals surface area contributed by atoms with Crippen molar-refractivity contribution in [2.75, 3.05) is 0 Å². The van der Waals surface area contributed by atoms with Crippen molar-refractivity contribution in [2.24, 2.45) is 0 Å². The molecule has 1 amide bonds. The maximum Gasteiger partial charge on any atom is 0.251 e. The highest BCUT2D eigenvalue weighted by Crippen LogP contribution is 2.36. The summed E-state index contributed by atoms with van der Waals surface area (Å²) in [5.74, 6) is 0.0295. The van der Waals surface area contributed by atoms with Gasteiger partial charge in [-0.3, -0.25) is 4.79 Å². The molecular weight excluding hydrogens is 410 g/mol. The van der Waals surface area contributed by atoms with Gasteiger partial charge in [0, 0.05) is 16.1 Å². The third-order valence-electron chi connectivity index (χ3n) is 4.87. The van der Waals surface area contributed by atoms with Crippen LogP contribution in [-0.4, -0.2) is 10.8 Å². The lowest BCUT2D eigenvalue weighted by Crippen LogP contribution is -2.25. The molecule has 28 heavy (non-hydrogen) atoms. The monoisotopic (exact) mass is 429 g/mol. The lowest BCUT2D eigenvalue weighted by atomic mass is 9.93. The van der Waals surface area contributed by atoms with E-state index in [2.05, 4.69) is 52.3 Å². The molecule has 0 bridgehead atoms. The van der Waals surface area contributed by atoms with Crippen LogP contribution in [0.1, 0.15) is 23.6 Å². The van der Waals surface area contributed by atoms with E-state index < -0.39 is 0 Å². The van der Waals surface area contributed by atoms with Crippen LogP contribution in [0, 0.1) is 0 Å². The highest BCUT2D eigenvalue weighted by atomic mass is 79.9. The summed E-state index contributed by atoms with van der Waals surface area (Å²) in [4.78, 5) is 14.7. The SMILES string of the molecule is CC1=CC(=O)N(Cc2ccccc2)/C1=C(\c1ccccc1)c1ccc(Br)cc1. The summed E-state index contributed by atoms with van der Waals surface area (Å²) in [5, 5.41) is 0. The molecular formula is C25H20BrNO. The number of amides is 1. The fourth-order valence-corrected chi connectivity index (χ4v) is 3.84. The first-order valence-corrected chi connectivity index (χ1v) is 10.0. The van der Waals surface area contributed by atoms with Crippen LogP contribution in [-0.2, 0) is 11.3 Å². The van der Waals surface area contributed by atoms with Crippen LogP contribution >= 0.6 is 15.9 Å². The van der Waals surface area contributed by atoms with E-state index in [1.165, 1.54) is 0 Å². The molecule has 0 atom stereocenters. The van der Waals surface area contributed by atoms with Gasteiger partial charge in [0.1, 0.15) is 0 Å². The van der Waals surface area contributed by atoms with Crippen LogP contribution in [0.3, 0.4) is 0 Å². The first-order chi connectivity index (χ1) is 13.6. The number of carbonyl (C=O) groups is 1. The van der Waals surface area contributed by atoms with Gasteiger partial charge in [-0.05, 0) is 41.3 Å². The Kier molecular flexibility index (Phi) is 5.27. The minimum atomic E-state index is 0.0295. The summed E-state index contributed by atoms with van der Waals surface area (Å²) in [6, 6.07) is 28.7. The molecule has 0 radical (unpaired) electrons. The van der Waals surface area contributed by atoms with E-state index in [1.54, 1.807) is 6.08 Å². The van der Waals surface area contributed by atoms with E-state index in [-0.39, 0.29) is 5.91 Å². The zero-order valence-electron chi connectivity index (χ0n) is 15.6. The van der Waals surface area contributed by atoms with E-state index >= 15 is 0 Å². The summed E-state index contributed by atoms with van der Waals surface area (Å²) >= 11 is 3.52. The van der Waals surface area contributed by atoms with Gasteiger partial charge in [-0.25, -0.2) is 0 Å². The van der Waals surface area contributed by atoms with Crippen molar-refractivity contribution in [1.29, 1.82) is 0 Å². The second kappa shape index (κ2) is 7.99. The van der Waals surface area contributed by atoms with Gasteiger partial charge in [0.25, 0.3) is 5.91 Å². The molecule has 0 saturated heterocycles. The number of hydrogen-bond acceptors (Lipinski definition) is 1. The van der Waals surface area contributed by atoms with Crippen molar-refractivity contribution in [3.63, 3.8) is 0 Å². The van der Waals surface area contributed by atoms with Crippen LogP contribution < -0.4 is 0 Å². The molecule has 0 aliphatic carbocycles. The van der Waals surface area contributed by atoms with Crippen molar-refractivity contribution in [3.8, 4) is 0 Å². The number of hydrogen-bond donors (Lipinski definition) is 0. The molecule has 1 aliphatic heterocycles. The molecule has 1 aliphatic rings. The number of nitrogens with zero attached hydrogens (tertiary/aromatic N) is 1.